The Morgan fingerprint density at radius 2 is 2.00 bits per heavy atom. The van der Waals surface area contributed by atoms with Gasteiger partial charge in [0.1, 0.15) is 0 Å². The number of benzene rings is 2. The summed E-state index contributed by atoms with van der Waals surface area (Å²) < 4.78 is 0. The molecule has 0 saturated heterocycles. The van der Waals surface area contributed by atoms with Crippen LogP contribution in [-0.4, -0.2) is 17.6 Å². The maximum atomic E-state index is 8.74. The molecule has 0 radical (unpaired) electrons. The van der Waals surface area contributed by atoms with Crippen molar-refractivity contribution in [2.24, 2.45) is 10.9 Å². The predicted octanol–water partition coefficient (Wildman–Crippen LogP) is 3.52. The Bertz CT molecular complexity index is 700. The molecule has 2 aromatic rings. The molecule has 0 aromatic heterocycles. The molecule has 2 aromatic carbocycles. The molecule has 0 bridgehead atoms. The number of anilines is 2. The van der Waals surface area contributed by atoms with Gasteiger partial charge < -0.3 is 15.8 Å². The molecular weight excluding hydrogens is 286 g/mol. The summed E-state index contributed by atoms with van der Waals surface area (Å²) in [6.45, 7) is 0.930. The number of fused-ring (bicyclic) bond motifs is 1. The SMILES string of the molecule is NC(=NO)c1ccc(N2CCCc3ccccc32)c(Cl)c1. The summed E-state index contributed by atoms with van der Waals surface area (Å²) in [6, 6.07) is 13.8. The van der Waals surface area contributed by atoms with E-state index in [4.69, 9.17) is 22.5 Å². The molecule has 21 heavy (non-hydrogen) atoms. The first kappa shape index (κ1) is 13.8. The lowest BCUT2D eigenvalue weighted by Crippen LogP contribution is -2.25. The number of aryl methyl sites for hydroxylation is 1. The second kappa shape index (κ2) is 5.66. The lowest BCUT2D eigenvalue weighted by Gasteiger charge is -2.32. The summed E-state index contributed by atoms with van der Waals surface area (Å²) in [5, 5.41) is 12.3. The van der Waals surface area contributed by atoms with Crippen LogP contribution in [0.15, 0.2) is 47.6 Å². The molecule has 5 heteroatoms. The van der Waals surface area contributed by atoms with Crippen molar-refractivity contribution in [3.8, 4) is 0 Å². The summed E-state index contributed by atoms with van der Waals surface area (Å²) in [5.74, 6) is 0.0579. The Morgan fingerprint density at radius 3 is 2.76 bits per heavy atom. The van der Waals surface area contributed by atoms with E-state index in [1.54, 1.807) is 6.07 Å². The molecule has 1 heterocycles. The van der Waals surface area contributed by atoms with E-state index >= 15 is 0 Å². The lowest BCUT2D eigenvalue weighted by molar-refractivity contribution is 0.318. The van der Waals surface area contributed by atoms with Crippen LogP contribution in [0, 0.1) is 0 Å². The predicted molar refractivity (Wildman–Crippen MR) is 85.7 cm³/mol. The van der Waals surface area contributed by atoms with Gasteiger partial charge in [0.05, 0.1) is 10.7 Å². The number of oxime groups is 1. The molecule has 0 aliphatic carbocycles. The monoisotopic (exact) mass is 301 g/mol. The molecule has 0 fully saturated rings. The number of hydrogen-bond donors (Lipinski definition) is 2. The molecule has 0 unspecified atom stereocenters. The van der Waals surface area contributed by atoms with Crippen LogP contribution in [0.1, 0.15) is 17.5 Å². The minimum Gasteiger partial charge on any atom is -0.409 e. The van der Waals surface area contributed by atoms with Gasteiger partial charge in [0, 0.05) is 17.8 Å². The van der Waals surface area contributed by atoms with Gasteiger partial charge in [0.15, 0.2) is 5.84 Å². The molecule has 3 rings (SSSR count). The first-order valence-electron chi connectivity index (χ1n) is 6.83. The van der Waals surface area contributed by atoms with E-state index in [2.05, 4.69) is 28.3 Å². The van der Waals surface area contributed by atoms with Crippen molar-refractivity contribution in [1.29, 1.82) is 0 Å². The molecule has 1 aliphatic heterocycles. The minimum atomic E-state index is 0.0579. The van der Waals surface area contributed by atoms with E-state index in [0.717, 1.165) is 25.1 Å². The van der Waals surface area contributed by atoms with Gasteiger partial charge in [0.2, 0.25) is 0 Å². The second-order valence-corrected chi connectivity index (χ2v) is 5.44. The zero-order valence-corrected chi connectivity index (χ0v) is 12.2. The zero-order valence-electron chi connectivity index (χ0n) is 11.5. The van der Waals surface area contributed by atoms with Crippen molar-refractivity contribution in [3.63, 3.8) is 0 Å². The van der Waals surface area contributed by atoms with E-state index in [1.165, 1.54) is 11.3 Å². The minimum absolute atomic E-state index is 0.0579. The van der Waals surface area contributed by atoms with Crippen LogP contribution in [0.25, 0.3) is 0 Å². The first-order valence-corrected chi connectivity index (χ1v) is 7.21. The normalized spacial score (nSPS) is 14.9. The van der Waals surface area contributed by atoms with E-state index in [1.807, 2.05) is 18.2 Å². The van der Waals surface area contributed by atoms with Crippen molar-refractivity contribution in [2.75, 3.05) is 11.4 Å². The Balaban J connectivity index is 2.02. The van der Waals surface area contributed by atoms with Crippen LogP contribution >= 0.6 is 11.6 Å². The number of halogens is 1. The molecular formula is C16H16ClN3O. The third-order valence-electron chi connectivity index (χ3n) is 3.75. The summed E-state index contributed by atoms with van der Waals surface area (Å²) in [4.78, 5) is 2.22. The highest BCUT2D eigenvalue weighted by Gasteiger charge is 2.20. The number of nitrogens with zero attached hydrogens (tertiary/aromatic N) is 2. The van der Waals surface area contributed by atoms with Gasteiger partial charge in [-0.15, -0.1) is 0 Å². The highest BCUT2D eigenvalue weighted by molar-refractivity contribution is 6.33. The van der Waals surface area contributed by atoms with Crippen molar-refractivity contribution < 1.29 is 5.21 Å². The Morgan fingerprint density at radius 1 is 1.19 bits per heavy atom. The summed E-state index contributed by atoms with van der Waals surface area (Å²) in [5.41, 5.74) is 9.68. The molecule has 4 nitrogen and oxygen atoms in total. The van der Waals surface area contributed by atoms with Crippen molar-refractivity contribution in [3.05, 3.63) is 58.6 Å². The molecule has 1 aliphatic rings. The molecule has 3 N–H and O–H groups in total. The lowest BCUT2D eigenvalue weighted by atomic mass is 10.0. The van der Waals surface area contributed by atoms with Gasteiger partial charge in [-0.25, -0.2) is 0 Å². The van der Waals surface area contributed by atoms with Crippen LogP contribution < -0.4 is 10.6 Å². The second-order valence-electron chi connectivity index (χ2n) is 5.04. The highest BCUT2D eigenvalue weighted by atomic mass is 35.5. The van der Waals surface area contributed by atoms with Gasteiger partial charge in [-0.3, -0.25) is 0 Å². The van der Waals surface area contributed by atoms with E-state index in [9.17, 15) is 0 Å². The number of rotatable bonds is 2. The molecule has 0 spiro atoms. The fraction of sp³-hybridized carbons (Fsp3) is 0.188. The Kier molecular flexibility index (Phi) is 3.71. The van der Waals surface area contributed by atoms with E-state index < -0.39 is 0 Å². The number of para-hydroxylation sites is 1. The van der Waals surface area contributed by atoms with E-state index in [-0.39, 0.29) is 5.84 Å². The van der Waals surface area contributed by atoms with Crippen LogP contribution in [-0.2, 0) is 6.42 Å². The van der Waals surface area contributed by atoms with E-state index in [0.29, 0.717) is 10.6 Å². The third-order valence-corrected chi connectivity index (χ3v) is 4.05. The average molecular weight is 302 g/mol. The fourth-order valence-electron chi connectivity index (χ4n) is 2.73. The topological polar surface area (TPSA) is 61.9 Å². The third kappa shape index (κ3) is 2.54. The average Bonchev–Trinajstić information content (AvgIpc) is 2.53. The summed E-state index contributed by atoms with van der Waals surface area (Å²) >= 11 is 6.40. The van der Waals surface area contributed by atoms with Crippen molar-refractivity contribution in [1.82, 2.24) is 0 Å². The maximum absolute atomic E-state index is 8.74. The smallest absolute Gasteiger partial charge is 0.170 e. The maximum Gasteiger partial charge on any atom is 0.170 e. The number of hydrogen-bond acceptors (Lipinski definition) is 3. The quantitative estimate of drug-likeness (QED) is 0.386. The van der Waals surface area contributed by atoms with Crippen LogP contribution in [0.2, 0.25) is 5.02 Å². The van der Waals surface area contributed by atoms with Crippen LogP contribution in [0.4, 0.5) is 11.4 Å². The molecule has 0 amide bonds. The molecule has 108 valence electrons. The Hall–Kier alpha value is -2.20. The molecule has 0 saturated carbocycles. The number of nitrogens with two attached hydrogens (primary N) is 1. The first-order chi connectivity index (χ1) is 10.2. The number of amidine groups is 1. The standard InChI is InChI=1S/C16H16ClN3O/c17-13-10-12(16(18)19-21)7-8-15(13)20-9-3-5-11-4-1-2-6-14(11)20/h1-2,4,6-8,10,21H,3,5,9H2,(H2,18,19). The fourth-order valence-corrected chi connectivity index (χ4v) is 3.01. The zero-order chi connectivity index (χ0) is 14.8. The van der Waals surface area contributed by atoms with Gasteiger partial charge in [-0.05, 0) is 42.7 Å². The molecule has 0 atom stereocenters. The summed E-state index contributed by atoms with van der Waals surface area (Å²) in [7, 11) is 0. The van der Waals surface area contributed by atoms with Gasteiger partial charge in [-0.2, -0.15) is 0 Å². The Labute approximate surface area is 128 Å². The highest BCUT2D eigenvalue weighted by Crippen LogP contribution is 2.37. The largest absolute Gasteiger partial charge is 0.409 e. The van der Waals surface area contributed by atoms with Gasteiger partial charge in [-0.1, -0.05) is 35.0 Å². The van der Waals surface area contributed by atoms with Crippen LogP contribution in [0.3, 0.4) is 0 Å². The van der Waals surface area contributed by atoms with Crippen LogP contribution in [0.5, 0.6) is 0 Å². The van der Waals surface area contributed by atoms with Crippen molar-refractivity contribution >= 4 is 28.8 Å². The summed E-state index contributed by atoms with van der Waals surface area (Å²) in [6.07, 6.45) is 2.18. The van der Waals surface area contributed by atoms with Crippen molar-refractivity contribution in [2.45, 2.75) is 12.8 Å². The van der Waals surface area contributed by atoms with Gasteiger partial charge >= 0.3 is 0 Å². The van der Waals surface area contributed by atoms with Gasteiger partial charge in [0.25, 0.3) is 0 Å².